The lowest BCUT2D eigenvalue weighted by atomic mass is 10.1. The lowest BCUT2D eigenvalue weighted by Crippen LogP contribution is -2.48. The number of anilines is 1. The standard InChI is InChI=1S/C21H26N2O5/c1-25-16-6-7-17(19(14-16)27-3)22-9-11-23(12-10-22)21(24)15-5-8-18(26-2)20(13-15)28-4/h5-8,13-14H,9-12H2,1-4H3. The number of carbonyl (C=O) groups excluding carboxylic acids is 1. The molecule has 1 amide bonds. The Kier molecular flexibility index (Phi) is 6.13. The average molecular weight is 386 g/mol. The Morgan fingerprint density at radius 3 is 2.04 bits per heavy atom. The highest BCUT2D eigenvalue weighted by Crippen LogP contribution is 2.33. The van der Waals surface area contributed by atoms with E-state index in [2.05, 4.69) is 4.90 Å². The molecule has 0 unspecified atom stereocenters. The maximum absolute atomic E-state index is 12.9. The maximum Gasteiger partial charge on any atom is 0.254 e. The Balaban J connectivity index is 1.69. The van der Waals surface area contributed by atoms with Crippen LogP contribution < -0.4 is 23.8 Å². The Morgan fingerprint density at radius 1 is 0.750 bits per heavy atom. The molecule has 7 nitrogen and oxygen atoms in total. The van der Waals surface area contributed by atoms with Crippen LogP contribution in [0, 0.1) is 0 Å². The fourth-order valence-electron chi connectivity index (χ4n) is 3.35. The van der Waals surface area contributed by atoms with Gasteiger partial charge in [-0.2, -0.15) is 0 Å². The molecule has 2 aromatic rings. The highest BCUT2D eigenvalue weighted by atomic mass is 16.5. The smallest absolute Gasteiger partial charge is 0.254 e. The molecule has 1 aliphatic heterocycles. The van der Waals surface area contributed by atoms with Crippen molar-refractivity contribution in [3.05, 3.63) is 42.0 Å². The predicted molar refractivity (Wildman–Crippen MR) is 107 cm³/mol. The SMILES string of the molecule is COc1ccc(N2CCN(C(=O)c3ccc(OC)c(OC)c3)CC2)c(OC)c1. The van der Waals surface area contributed by atoms with Crippen molar-refractivity contribution in [3.8, 4) is 23.0 Å². The summed E-state index contributed by atoms with van der Waals surface area (Å²) in [5.74, 6) is 2.66. The van der Waals surface area contributed by atoms with Crippen LogP contribution in [0.3, 0.4) is 0 Å². The zero-order chi connectivity index (χ0) is 20.1. The number of rotatable bonds is 6. The van der Waals surface area contributed by atoms with Gasteiger partial charge in [-0.1, -0.05) is 0 Å². The second kappa shape index (κ2) is 8.73. The summed E-state index contributed by atoms with van der Waals surface area (Å²) in [7, 11) is 6.42. The molecular weight excluding hydrogens is 360 g/mol. The fourth-order valence-corrected chi connectivity index (χ4v) is 3.35. The van der Waals surface area contributed by atoms with E-state index in [-0.39, 0.29) is 5.91 Å². The molecule has 0 saturated carbocycles. The Bertz CT molecular complexity index is 832. The Hall–Kier alpha value is -3.09. The van der Waals surface area contributed by atoms with Gasteiger partial charge in [0.2, 0.25) is 0 Å². The monoisotopic (exact) mass is 386 g/mol. The highest BCUT2D eigenvalue weighted by molar-refractivity contribution is 5.95. The van der Waals surface area contributed by atoms with Gasteiger partial charge in [0.15, 0.2) is 11.5 Å². The highest BCUT2D eigenvalue weighted by Gasteiger charge is 2.24. The number of piperazine rings is 1. The van der Waals surface area contributed by atoms with Crippen LogP contribution >= 0.6 is 0 Å². The van der Waals surface area contributed by atoms with Crippen LogP contribution in [0.15, 0.2) is 36.4 Å². The molecule has 1 saturated heterocycles. The van der Waals surface area contributed by atoms with E-state index in [1.165, 1.54) is 0 Å². The summed E-state index contributed by atoms with van der Waals surface area (Å²) in [6.45, 7) is 2.70. The van der Waals surface area contributed by atoms with Crippen LogP contribution in [0.4, 0.5) is 5.69 Å². The maximum atomic E-state index is 12.9. The molecule has 0 radical (unpaired) electrons. The summed E-state index contributed by atoms with van der Waals surface area (Å²) in [5, 5.41) is 0. The number of ether oxygens (including phenoxy) is 4. The Labute approximate surface area is 165 Å². The first-order valence-electron chi connectivity index (χ1n) is 9.09. The average Bonchev–Trinajstić information content (AvgIpc) is 2.77. The molecule has 0 spiro atoms. The van der Waals surface area contributed by atoms with Crippen molar-refractivity contribution in [2.75, 3.05) is 59.5 Å². The number of methoxy groups -OCH3 is 4. The third-order valence-electron chi connectivity index (χ3n) is 4.92. The third-order valence-corrected chi connectivity index (χ3v) is 4.92. The second-order valence-electron chi connectivity index (χ2n) is 6.39. The molecule has 1 aliphatic rings. The number of amides is 1. The molecule has 0 N–H and O–H groups in total. The van der Waals surface area contributed by atoms with E-state index in [9.17, 15) is 4.79 Å². The van der Waals surface area contributed by atoms with Gasteiger partial charge in [-0.3, -0.25) is 4.79 Å². The van der Waals surface area contributed by atoms with E-state index < -0.39 is 0 Å². The first-order valence-corrected chi connectivity index (χ1v) is 9.09. The van der Waals surface area contributed by atoms with E-state index in [0.29, 0.717) is 30.2 Å². The number of carbonyl (C=O) groups is 1. The minimum absolute atomic E-state index is 0.0118. The third kappa shape index (κ3) is 3.93. The van der Waals surface area contributed by atoms with Crippen LogP contribution in [-0.4, -0.2) is 65.4 Å². The van der Waals surface area contributed by atoms with Crippen molar-refractivity contribution < 1.29 is 23.7 Å². The molecule has 3 rings (SSSR count). The van der Waals surface area contributed by atoms with Crippen LogP contribution in [0.25, 0.3) is 0 Å². The quantitative estimate of drug-likeness (QED) is 0.761. The predicted octanol–water partition coefficient (Wildman–Crippen LogP) is 2.68. The zero-order valence-electron chi connectivity index (χ0n) is 16.7. The van der Waals surface area contributed by atoms with Crippen molar-refractivity contribution in [1.29, 1.82) is 0 Å². The van der Waals surface area contributed by atoms with Crippen molar-refractivity contribution in [2.24, 2.45) is 0 Å². The van der Waals surface area contributed by atoms with E-state index >= 15 is 0 Å². The van der Waals surface area contributed by atoms with Crippen molar-refractivity contribution in [2.45, 2.75) is 0 Å². The van der Waals surface area contributed by atoms with E-state index in [1.807, 2.05) is 23.1 Å². The van der Waals surface area contributed by atoms with Gasteiger partial charge in [0.1, 0.15) is 11.5 Å². The molecule has 0 atom stereocenters. The van der Waals surface area contributed by atoms with Gasteiger partial charge in [-0.25, -0.2) is 0 Å². The molecule has 0 aromatic heterocycles. The van der Waals surface area contributed by atoms with Gasteiger partial charge in [-0.05, 0) is 30.3 Å². The summed E-state index contributed by atoms with van der Waals surface area (Å²) >= 11 is 0. The van der Waals surface area contributed by atoms with Crippen molar-refractivity contribution in [3.63, 3.8) is 0 Å². The summed E-state index contributed by atoms with van der Waals surface area (Å²) in [6.07, 6.45) is 0. The lowest BCUT2D eigenvalue weighted by Gasteiger charge is -2.36. The largest absolute Gasteiger partial charge is 0.497 e. The number of nitrogens with zero attached hydrogens (tertiary/aromatic N) is 2. The normalized spacial score (nSPS) is 13.9. The lowest BCUT2D eigenvalue weighted by molar-refractivity contribution is 0.0746. The van der Waals surface area contributed by atoms with Crippen LogP contribution in [-0.2, 0) is 0 Å². The van der Waals surface area contributed by atoms with E-state index in [1.54, 1.807) is 46.6 Å². The van der Waals surface area contributed by atoms with Crippen molar-refractivity contribution >= 4 is 11.6 Å². The summed E-state index contributed by atoms with van der Waals surface area (Å²) < 4.78 is 21.3. The first kappa shape index (κ1) is 19.7. The summed E-state index contributed by atoms with van der Waals surface area (Å²) in [4.78, 5) is 17.0. The second-order valence-corrected chi connectivity index (χ2v) is 6.39. The minimum Gasteiger partial charge on any atom is -0.497 e. The number of hydrogen-bond acceptors (Lipinski definition) is 6. The van der Waals surface area contributed by atoms with E-state index in [4.69, 9.17) is 18.9 Å². The molecule has 1 heterocycles. The van der Waals surface area contributed by atoms with Gasteiger partial charge in [0.05, 0.1) is 34.1 Å². The minimum atomic E-state index is -0.0118. The molecular formula is C21H26N2O5. The van der Waals surface area contributed by atoms with Gasteiger partial charge in [-0.15, -0.1) is 0 Å². The number of benzene rings is 2. The van der Waals surface area contributed by atoms with Gasteiger partial charge < -0.3 is 28.7 Å². The Morgan fingerprint density at radius 2 is 1.43 bits per heavy atom. The fraction of sp³-hybridized carbons (Fsp3) is 0.381. The molecule has 2 aromatic carbocycles. The molecule has 0 bridgehead atoms. The van der Waals surface area contributed by atoms with E-state index in [0.717, 1.165) is 30.3 Å². The molecule has 0 aliphatic carbocycles. The van der Waals surface area contributed by atoms with Crippen LogP contribution in [0.2, 0.25) is 0 Å². The first-order chi connectivity index (χ1) is 13.6. The molecule has 1 fully saturated rings. The number of hydrogen-bond donors (Lipinski definition) is 0. The van der Waals surface area contributed by atoms with Crippen LogP contribution in [0.5, 0.6) is 23.0 Å². The zero-order valence-corrected chi connectivity index (χ0v) is 16.7. The molecule has 7 heteroatoms. The van der Waals surface area contributed by atoms with Crippen molar-refractivity contribution in [1.82, 2.24) is 4.90 Å². The van der Waals surface area contributed by atoms with Gasteiger partial charge in [0, 0.05) is 37.8 Å². The van der Waals surface area contributed by atoms with Crippen LogP contribution in [0.1, 0.15) is 10.4 Å². The summed E-state index contributed by atoms with van der Waals surface area (Å²) in [6, 6.07) is 11.0. The molecule has 28 heavy (non-hydrogen) atoms. The van der Waals surface area contributed by atoms with Gasteiger partial charge >= 0.3 is 0 Å². The summed E-state index contributed by atoms with van der Waals surface area (Å²) in [5.41, 5.74) is 1.59. The topological polar surface area (TPSA) is 60.5 Å². The van der Waals surface area contributed by atoms with Gasteiger partial charge in [0.25, 0.3) is 5.91 Å². The molecule has 150 valence electrons.